The van der Waals surface area contributed by atoms with Gasteiger partial charge in [-0.05, 0) is 51.2 Å². The van der Waals surface area contributed by atoms with Crippen molar-refractivity contribution < 1.29 is 4.79 Å². The number of aromatic nitrogens is 2. The second kappa shape index (κ2) is 6.77. The zero-order valence-corrected chi connectivity index (χ0v) is 13.1. The Bertz CT molecular complexity index is 699. The molecule has 0 bridgehead atoms. The number of rotatable bonds is 5. The van der Waals surface area contributed by atoms with E-state index in [-0.39, 0.29) is 5.91 Å². The maximum atomic E-state index is 12.2. The molecule has 2 aromatic rings. The van der Waals surface area contributed by atoms with E-state index in [1.165, 1.54) is 31.3 Å². The first-order valence-corrected chi connectivity index (χ1v) is 8.10. The second-order valence-electron chi connectivity index (χ2n) is 5.94. The Morgan fingerprint density at radius 3 is 3.00 bits per heavy atom. The van der Waals surface area contributed by atoms with Gasteiger partial charge in [0.2, 0.25) is 5.91 Å². The molecule has 0 saturated carbocycles. The normalized spacial score (nSPS) is 14.9. The molecule has 0 unspecified atom stereocenters. The monoisotopic (exact) mass is 297 g/mol. The average Bonchev–Trinajstić information content (AvgIpc) is 2.84. The molecule has 116 valence electrons. The standard InChI is InChI=1S/C18H23N3O/c1-14-20-16-9-5-6-10-17(16)21(14)13-18(22)19-12-11-15-7-3-2-4-8-15/h5-7,9-10H,2-4,8,11-13H2,1H3,(H,19,22). The van der Waals surface area contributed by atoms with E-state index >= 15 is 0 Å². The van der Waals surface area contributed by atoms with Crippen LogP contribution in [0.25, 0.3) is 11.0 Å². The Hall–Kier alpha value is -2.10. The van der Waals surface area contributed by atoms with Gasteiger partial charge >= 0.3 is 0 Å². The number of amides is 1. The predicted molar refractivity (Wildman–Crippen MR) is 88.6 cm³/mol. The lowest BCUT2D eigenvalue weighted by atomic mass is 9.97. The summed E-state index contributed by atoms with van der Waals surface area (Å²) in [5.74, 6) is 0.939. The van der Waals surface area contributed by atoms with Crippen molar-refractivity contribution in [1.29, 1.82) is 0 Å². The molecule has 22 heavy (non-hydrogen) atoms. The highest BCUT2D eigenvalue weighted by Gasteiger charge is 2.10. The lowest BCUT2D eigenvalue weighted by Gasteiger charge is -2.13. The van der Waals surface area contributed by atoms with Crippen LogP contribution in [0, 0.1) is 6.92 Å². The van der Waals surface area contributed by atoms with Crippen LogP contribution in [0.3, 0.4) is 0 Å². The molecule has 1 amide bonds. The molecule has 0 aliphatic heterocycles. The average molecular weight is 297 g/mol. The van der Waals surface area contributed by atoms with Gasteiger partial charge in [-0.1, -0.05) is 23.8 Å². The van der Waals surface area contributed by atoms with E-state index in [9.17, 15) is 4.79 Å². The molecule has 0 spiro atoms. The van der Waals surface area contributed by atoms with Gasteiger partial charge in [-0.3, -0.25) is 4.79 Å². The smallest absolute Gasteiger partial charge is 0.240 e. The third-order valence-electron chi connectivity index (χ3n) is 4.30. The molecule has 3 rings (SSSR count). The summed E-state index contributed by atoms with van der Waals surface area (Å²) in [6.07, 6.45) is 8.31. The minimum Gasteiger partial charge on any atom is -0.354 e. The van der Waals surface area contributed by atoms with E-state index in [1.807, 2.05) is 35.8 Å². The first-order chi connectivity index (χ1) is 10.7. The summed E-state index contributed by atoms with van der Waals surface area (Å²) in [7, 11) is 0. The van der Waals surface area contributed by atoms with Crippen LogP contribution in [0.1, 0.15) is 37.9 Å². The molecule has 1 N–H and O–H groups in total. The Morgan fingerprint density at radius 1 is 1.32 bits per heavy atom. The van der Waals surface area contributed by atoms with Crippen molar-refractivity contribution in [3.63, 3.8) is 0 Å². The Labute approximate surface area is 131 Å². The van der Waals surface area contributed by atoms with Crippen LogP contribution in [0.5, 0.6) is 0 Å². The summed E-state index contributed by atoms with van der Waals surface area (Å²) >= 11 is 0. The summed E-state index contributed by atoms with van der Waals surface area (Å²) in [5, 5.41) is 3.03. The second-order valence-corrected chi connectivity index (χ2v) is 5.94. The van der Waals surface area contributed by atoms with Gasteiger partial charge in [-0.25, -0.2) is 4.98 Å². The summed E-state index contributed by atoms with van der Waals surface area (Å²) in [5.41, 5.74) is 3.46. The van der Waals surface area contributed by atoms with Gasteiger partial charge < -0.3 is 9.88 Å². The first-order valence-electron chi connectivity index (χ1n) is 8.10. The maximum Gasteiger partial charge on any atom is 0.240 e. The molecular weight excluding hydrogens is 274 g/mol. The van der Waals surface area contributed by atoms with Crippen LogP contribution in [0.2, 0.25) is 0 Å². The molecule has 1 heterocycles. The number of allylic oxidation sites excluding steroid dienone is 1. The van der Waals surface area contributed by atoms with Gasteiger partial charge in [0.1, 0.15) is 12.4 Å². The van der Waals surface area contributed by atoms with Crippen molar-refractivity contribution in [2.45, 2.75) is 45.6 Å². The maximum absolute atomic E-state index is 12.2. The molecule has 1 aromatic heterocycles. The number of carbonyl (C=O) groups is 1. The van der Waals surface area contributed by atoms with E-state index in [0.29, 0.717) is 6.54 Å². The van der Waals surface area contributed by atoms with E-state index < -0.39 is 0 Å². The van der Waals surface area contributed by atoms with Crippen molar-refractivity contribution >= 4 is 16.9 Å². The highest BCUT2D eigenvalue weighted by Crippen LogP contribution is 2.19. The lowest BCUT2D eigenvalue weighted by molar-refractivity contribution is -0.121. The molecule has 0 atom stereocenters. The third-order valence-corrected chi connectivity index (χ3v) is 4.30. The first kappa shape index (κ1) is 14.8. The minimum atomic E-state index is 0.0580. The Kier molecular flexibility index (Phi) is 4.56. The van der Waals surface area contributed by atoms with Gasteiger partial charge in [-0.2, -0.15) is 0 Å². The number of nitrogens with zero attached hydrogens (tertiary/aromatic N) is 2. The van der Waals surface area contributed by atoms with Crippen LogP contribution in [0.4, 0.5) is 0 Å². The van der Waals surface area contributed by atoms with Crippen LogP contribution in [0.15, 0.2) is 35.9 Å². The molecular formula is C18H23N3O. The Balaban J connectivity index is 1.56. The van der Waals surface area contributed by atoms with Crippen LogP contribution in [-0.4, -0.2) is 22.0 Å². The number of aryl methyl sites for hydroxylation is 1. The van der Waals surface area contributed by atoms with E-state index in [0.717, 1.165) is 29.8 Å². The van der Waals surface area contributed by atoms with Crippen LogP contribution >= 0.6 is 0 Å². The number of hydrogen-bond donors (Lipinski definition) is 1. The largest absolute Gasteiger partial charge is 0.354 e. The zero-order valence-electron chi connectivity index (χ0n) is 13.1. The molecule has 0 radical (unpaired) electrons. The van der Waals surface area contributed by atoms with Gasteiger partial charge in [0.25, 0.3) is 0 Å². The summed E-state index contributed by atoms with van der Waals surface area (Å²) in [6, 6.07) is 7.94. The van der Waals surface area contributed by atoms with Gasteiger partial charge in [0, 0.05) is 6.54 Å². The number of imidazole rings is 1. The summed E-state index contributed by atoms with van der Waals surface area (Å²) in [4.78, 5) is 16.7. The SMILES string of the molecule is Cc1nc2ccccc2n1CC(=O)NCCC1=CCCCC1. The highest BCUT2D eigenvalue weighted by atomic mass is 16.1. The molecule has 4 heteroatoms. The fraction of sp³-hybridized carbons (Fsp3) is 0.444. The molecule has 0 saturated heterocycles. The van der Waals surface area contributed by atoms with Crippen molar-refractivity contribution in [2.75, 3.05) is 6.54 Å². The minimum absolute atomic E-state index is 0.0580. The van der Waals surface area contributed by atoms with E-state index in [1.54, 1.807) is 0 Å². The van der Waals surface area contributed by atoms with Crippen LogP contribution < -0.4 is 5.32 Å². The molecule has 1 aliphatic carbocycles. The van der Waals surface area contributed by atoms with Crippen molar-refractivity contribution in [1.82, 2.24) is 14.9 Å². The lowest BCUT2D eigenvalue weighted by Crippen LogP contribution is -2.29. The van der Waals surface area contributed by atoms with Gasteiger partial charge in [0.05, 0.1) is 11.0 Å². The van der Waals surface area contributed by atoms with Gasteiger partial charge in [0.15, 0.2) is 0 Å². The van der Waals surface area contributed by atoms with Crippen molar-refractivity contribution in [3.05, 3.63) is 41.7 Å². The van der Waals surface area contributed by atoms with Crippen molar-refractivity contribution in [2.24, 2.45) is 0 Å². The molecule has 1 aliphatic rings. The number of benzene rings is 1. The highest BCUT2D eigenvalue weighted by molar-refractivity contribution is 5.81. The van der Waals surface area contributed by atoms with Crippen LogP contribution in [-0.2, 0) is 11.3 Å². The fourth-order valence-electron chi connectivity index (χ4n) is 3.09. The van der Waals surface area contributed by atoms with Crippen molar-refractivity contribution in [3.8, 4) is 0 Å². The van der Waals surface area contributed by atoms with Gasteiger partial charge in [-0.15, -0.1) is 0 Å². The Morgan fingerprint density at radius 2 is 2.18 bits per heavy atom. The fourth-order valence-corrected chi connectivity index (χ4v) is 3.09. The predicted octanol–water partition coefficient (Wildman–Crippen LogP) is 3.35. The quantitative estimate of drug-likeness (QED) is 0.860. The third kappa shape index (κ3) is 3.38. The van der Waals surface area contributed by atoms with E-state index in [4.69, 9.17) is 0 Å². The van der Waals surface area contributed by atoms with E-state index in [2.05, 4.69) is 16.4 Å². The molecule has 0 fully saturated rings. The molecule has 4 nitrogen and oxygen atoms in total. The number of fused-ring (bicyclic) bond motifs is 1. The zero-order chi connectivity index (χ0) is 15.4. The number of hydrogen-bond acceptors (Lipinski definition) is 2. The number of para-hydroxylation sites is 2. The number of carbonyl (C=O) groups excluding carboxylic acids is 1. The summed E-state index contributed by atoms with van der Waals surface area (Å²) < 4.78 is 1.98. The number of nitrogens with one attached hydrogen (secondary N) is 1. The summed E-state index contributed by atoms with van der Waals surface area (Å²) in [6.45, 7) is 3.02. The molecule has 1 aromatic carbocycles. The topological polar surface area (TPSA) is 46.9 Å².